The molecule has 2 aromatic carbocycles. The number of nitrogens with zero attached hydrogens (tertiary/aromatic N) is 3. The number of hydrogen-bond donors (Lipinski definition) is 1. The van der Waals surface area contributed by atoms with Gasteiger partial charge in [-0.15, -0.1) is 0 Å². The van der Waals surface area contributed by atoms with Crippen LogP contribution in [-0.2, 0) is 7.05 Å². The van der Waals surface area contributed by atoms with Gasteiger partial charge in [-0.25, -0.2) is 4.98 Å². The summed E-state index contributed by atoms with van der Waals surface area (Å²) >= 11 is 0. The molecule has 0 spiro atoms. The Hall–Kier alpha value is -3.13. The number of carbonyl (C=O) groups excluding carboxylic acids is 1. The van der Waals surface area contributed by atoms with E-state index in [4.69, 9.17) is 10.2 Å². The molecule has 118 valence electrons. The van der Waals surface area contributed by atoms with Crippen LogP contribution in [0.15, 0.2) is 42.5 Å². The molecule has 0 atom stereocenters. The van der Waals surface area contributed by atoms with Crippen molar-refractivity contribution in [2.75, 3.05) is 5.32 Å². The van der Waals surface area contributed by atoms with Crippen molar-refractivity contribution in [3.05, 3.63) is 59.4 Å². The van der Waals surface area contributed by atoms with Crippen molar-refractivity contribution in [2.45, 2.75) is 18.8 Å². The lowest BCUT2D eigenvalue weighted by atomic mass is 10.1. The average Bonchev–Trinajstić information content (AvgIpc) is 3.40. The minimum absolute atomic E-state index is 0.180. The summed E-state index contributed by atoms with van der Waals surface area (Å²) in [6.07, 6.45) is 2.40. The normalized spacial score (nSPS) is 13.7. The summed E-state index contributed by atoms with van der Waals surface area (Å²) in [6, 6.07) is 14.5. The van der Waals surface area contributed by atoms with E-state index in [9.17, 15) is 4.79 Å². The van der Waals surface area contributed by atoms with Gasteiger partial charge in [-0.05, 0) is 55.3 Å². The van der Waals surface area contributed by atoms with Crippen LogP contribution in [0.4, 0.5) is 5.69 Å². The fraction of sp³-hybridized carbons (Fsp3) is 0.211. The van der Waals surface area contributed by atoms with Crippen molar-refractivity contribution in [3.8, 4) is 6.07 Å². The van der Waals surface area contributed by atoms with E-state index in [2.05, 4.69) is 16.0 Å². The van der Waals surface area contributed by atoms with Crippen molar-refractivity contribution in [1.82, 2.24) is 9.55 Å². The number of aryl methyl sites for hydroxylation is 1. The van der Waals surface area contributed by atoms with Crippen LogP contribution < -0.4 is 5.32 Å². The van der Waals surface area contributed by atoms with Crippen molar-refractivity contribution in [1.29, 1.82) is 5.26 Å². The third-order valence-electron chi connectivity index (χ3n) is 4.39. The van der Waals surface area contributed by atoms with E-state index < -0.39 is 0 Å². The molecule has 3 aromatic rings. The lowest BCUT2D eigenvalue weighted by Gasteiger charge is -2.05. The van der Waals surface area contributed by atoms with Crippen LogP contribution in [0.2, 0.25) is 0 Å². The maximum absolute atomic E-state index is 12.4. The van der Waals surface area contributed by atoms with Gasteiger partial charge in [0.1, 0.15) is 5.82 Å². The maximum Gasteiger partial charge on any atom is 0.255 e. The van der Waals surface area contributed by atoms with E-state index in [1.807, 2.05) is 25.2 Å². The number of nitrogens with one attached hydrogen (secondary N) is 1. The Kier molecular flexibility index (Phi) is 3.31. The van der Waals surface area contributed by atoms with Crippen LogP contribution in [0.3, 0.4) is 0 Å². The highest BCUT2D eigenvalue weighted by Gasteiger charge is 2.28. The van der Waals surface area contributed by atoms with E-state index in [-0.39, 0.29) is 5.91 Å². The van der Waals surface area contributed by atoms with Gasteiger partial charge in [0, 0.05) is 24.2 Å². The third-order valence-corrected chi connectivity index (χ3v) is 4.39. The van der Waals surface area contributed by atoms with Crippen molar-refractivity contribution in [2.24, 2.45) is 7.05 Å². The smallest absolute Gasteiger partial charge is 0.255 e. The summed E-state index contributed by atoms with van der Waals surface area (Å²) in [5.74, 6) is 1.49. The second-order valence-corrected chi connectivity index (χ2v) is 6.15. The molecule has 4 rings (SSSR count). The largest absolute Gasteiger partial charge is 0.331 e. The number of aromatic nitrogens is 2. The predicted molar refractivity (Wildman–Crippen MR) is 91.8 cm³/mol. The van der Waals surface area contributed by atoms with E-state index in [0.29, 0.717) is 22.7 Å². The average molecular weight is 316 g/mol. The molecule has 1 heterocycles. The summed E-state index contributed by atoms with van der Waals surface area (Å²) in [5.41, 5.74) is 3.71. The van der Waals surface area contributed by atoms with Crippen molar-refractivity contribution in [3.63, 3.8) is 0 Å². The van der Waals surface area contributed by atoms with Crippen LogP contribution in [-0.4, -0.2) is 15.5 Å². The number of nitriles is 1. The predicted octanol–water partition coefficient (Wildman–Crippen LogP) is 3.57. The van der Waals surface area contributed by atoms with Crippen LogP contribution in [0.25, 0.3) is 11.0 Å². The van der Waals surface area contributed by atoms with Crippen molar-refractivity contribution < 1.29 is 4.79 Å². The Morgan fingerprint density at radius 2 is 2.00 bits per heavy atom. The first kappa shape index (κ1) is 14.5. The van der Waals surface area contributed by atoms with E-state index in [1.165, 1.54) is 12.8 Å². The van der Waals surface area contributed by atoms with Gasteiger partial charge >= 0.3 is 0 Å². The fourth-order valence-corrected chi connectivity index (χ4v) is 2.90. The van der Waals surface area contributed by atoms with E-state index in [0.717, 1.165) is 16.9 Å². The Labute approximate surface area is 139 Å². The van der Waals surface area contributed by atoms with Crippen LogP contribution in [0.1, 0.15) is 40.5 Å². The van der Waals surface area contributed by atoms with Gasteiger partial charge in [0.05, 0.1) is 22.7 Å². The first-order valence-corrected chi connectivity index (χ1v) is 7.93. The Morgan fingerprint density at radius 1 is 1.25 bits per heavy atom. The molecule has 5 heteroatoms. The third kappa shape index (κ3) is 2.52. The van der Waals surface area contributed by atoms with E-state index >= 15 is 0 Å². The number of benzene rings is 2. The fourth-order valence-electron chi connectivity index (χ4n) is 2.90. The lowest BCUT2D eigenvalue weighted by Crippen LogP contribution is -2.11. The zero-order valence-electron chi connectivity index (χ0n) is 13.3. The lowest BCUT2D eigenvalue weighted by molar-refractivity contribution is 0.102. The second-order valence-electron chi connectivity index (χ2n) is 6.15. The molecular formula is C19H16N4O. The molecule has 1 aliphatic carbocycles. The molecule has 0 saturated heterocycles. The Balaban J connectivity index is 1.60. The molecule has 1 amide bonds. The highest BCUT2D eigenvalue weighted by atomic mass is 16.1. The first-order chi connectivity index (χ1) is 11.7. The molecule has 1 fully saturated rings. The number of anilines is 1. The molecule has 0 bridgehead atoms. The minimum atomic E-state index is -0.180. The molecule has 24 heavy (non-hydrogen) atoms. The molecule has 1 saturated carbocycles. The van der Waals surface area contributed by atoms with Gasteiger partial charge in [0.15, 0.2) is 0 Å². The van der Waals surface area contributed by atoms with Crippen LogP contribution in [0.5, 0.6) is 0 Å². The molecule has 0 unspecified atom stereocenters. The molecule has 1 N–H and O–H groups in total. The number of amides is 1. The van der Waals surface area contributed by atoms with Gasteiger partial charge in [0.25, 0.3) is 5.91 Å². The highest BCUT2D eigenvalue weighted by Crippen LogP contribution is 2.40. The standard InChI is InChI=1S/C19H16N4O/c1-23-17-9-6-14(10-16(17)22-18(23)13-4-5-13)19(24)21-15-7-2-12(11-20)3-8-15/h2-3,6-10,13H,4-5H2,1H3,(H,21,24). The maximum atomic E-state index is 12.4. The van der Waals surface area contributed by atoms with Crippen LogP contribution >= 0.6 is 0 Å². The number of fused-ring (bicyclic) bond motifs is 1. The highest BCUT2D eigenvalue weighted by molar-refractivity contribution is 6.06. The summed E-state index contributed by atoms with van der Waals surface area (Å²) < 4.78 is 2.12. The van der Waals surface area contributed by atoms with Gasteiger partial charge < -0.3 is 9.88 Å². The SMILES string of the molecule is Cn1c(C2CC2)nc2cc(C(=O)Nc3ccc(C#N)cc3)ccc21. The molecular weight excluding hydrogens is 300 g/mol. The van der Waals surface area contributed by atoms with Crippen LogP contribution in [0, 0.1) is 11.3 Å². The summed E-state index contributed by atoms with van der Waals surface area (Å²) in [4.78, 5) is 17.1. The number of carbonyl (C=O) groups is 1. The quantitative estimate of drug-likeness (QED) is 0.803. The van der Waals surface area contributed by atoms with E-state index in [1.54, 1.807) is 24.3 Å². The molecule has 0 radical (unpaired) electrons. The molecule has 0 aliphatic heterocycles. The van der Waals surface area contributed by atoms with Gasteiger partial charge in [-0.1, -0.05) is 0 Å². The minimum Gasteiger partial charge on any atom is -0.331 e. The Morgan fingerprint density at radius 3 is 2.67 bits per heavy atom. The molecule has 1 aliphatic rings. The molecule has 1 aromatic heterocycles. The first-order valence-electron chi connectivity index (χ1n) is 7.93. The second kappa shape index (κ2) is 5.50. The van der Waals surface area contributed by atoms with Gasteiger partial charge in [0.2, 0.25) is 0 Å². The van der Waals surface area contributed by atoms with Gasteiger partial charge in [-0.2, -0.15) is 5.26 Å². The molecule has 5 nitrogen and oxygen atoms in total. The van der Waals surface area contributed by atoms with Crippen molar-refractivity contribution >= 4 is 22.6 Å². The zero-order chi connectivity index (χ0) is 16.7. The van der Waals surface area contributed by atoms with Gasteiger partial charge in [-0.3, -0.25) is 4.79 Å². The monoisotopic (exact) mass is 316 g/mol. The number of imidazole rings is 1. The topological polar surface area (TPSA) is 70.7 Å². The Bertz CT molecular complexity index is 975. The number of rotatable bonds is 3. The summed E-state index contributed by atoms with van der Waals surface area (Å²) in [6.45, 7) is 0. The number of hydrogen-bond acceptors (Lipinski definition) is 3. The zero-order valence-corrected chi connectivity index (χ0v) is 13.3. The summed E-state index contributed by atoms with van der Waals surface area (Å²) in [5, 5.41) is 11.7. The summed E-state index contributed by atoms with van der Waals surface area (Å²) in [7, 11) is 2.03.